The fourth-order valence-corrected chi connectivity index (χ4v) is 9.45. The Morgan fingerprint density at radius 1 is 0.727 bits per heavy atom. The third-order valence-electron chi connectivity index (χ3n) is 4.55. The van der Waals surface area contributed by atoms with Crippen molar-refractivity contribution in [2.24, 2.45) is 0 Å². The Bertz CT molecular complexity index is 706. The van der Waals surface area contributed by atoms with Gasteiger partial charge in [-0.05, 0) is 28.7 Å². The summed E-state index contributed by atoms with van der Waals surface area (Å²) in [6.45, 7) is 15.0. The molecule has 0 bridgehead atoms. The van der Waals surface area contributed by atoms with Gasteiger partial charge in [0, 0.05) is 18.9 Å². The molecule has 0 unspecified atom stereocenters. The summed E-state index contributed by atoms with van der Waals surface area (Å²) < 4.78 is 0. The largest absolute Gasteiger partial charge is 0.0778 e. The minimum Gasteiger partial charge on any atom is -0.0656 e. The van der Waals surface area contributed by atoms with Crippen molar-refractivity contribution >= 4 is 45.4 Å². The molecule has 0 aliphatic heterocycles. The summed E-state index contributed by atoms with van der Waals surface area (Å²) in [6, 6.07) is 13.8. The maximum absolute atomic E-state index is 2.51. The van der Waals surface area contributed by atoms with E-state index in [9.17, 15) is 0 Å². The molecule has 0 aromatic heterocycles. The molecule has 22 heavy (non-hydrogen) atoms. The summed E-state index contributed by atoms with van der Waals surface area (Å²) in [5.41, 5.74) is 6.13. The summed E-state index contributed by atoms with van der Waals surface area (Å²) in [5, 5.41) is 3.46. The number of hydrogen-bond acceptors (Lipinski definition) is 0. The zero-order chi connectivity index (χ0) is 15.4. The molecule has 0 nitrogen and oxygen atoms in total. The quantitative estimate of drug-likeness (QED) is 0.628. The van der Waals surface area contributed by atoms with Crippen LogP contribution in [0.15, 0.2) is 36.4 Å². The van der Waals surface area contributed by atoms with Crippen LogP contribution in [0.4, 0.5) is 0 Å². The van der Waals surface area contributed by atoms with E-state index < -0.39 is 16.1 Å². The van der Waals surface area contributed by atoms with Crippen molar-refractivity contribution in [1.82, 2.24) is 0 Å². The van der Waals surface area contributed by atoms with Crippen molar-refractivity contribution in [3.8, 4) is 11.1 Å². The van der Waals surface area contributed by atoms with Crippen molar-refractivity contribution in [1.29, 1.82) is 0 Å². The van der Waals surface area contributed by atoms with Gasteiger partial charge in [0.2, 0.25) is 0 Å². The Labute approximate surface area is 149 Å². The molecule has 1 radical (unpaired) electrons. The van der Waals surface area contributed by atoms with Gasteiger partial charge in [-0.3, -0.25) is 0 Å². The van der Waals surface area contributed by atoms with Crippen LogP contribution in [0.3, 0.4) is 0 Å². The second-order valence-electron chi connectivity index (χ2n) is 8.35. The summed E-state index contributed by atoms with van der Waals surface area (Å²) in [6.07, 6.45) is 1.14. The Morgan fingerprint density at radius 2 is 1.36 bits per heavy atom. The van der Waals surface area contributed by atoms with E-state index >= 15 is 0 Å². The van der Waals surface area contributed by atoms with Crippen LogP contribution >= 0.6 is 0 Å². The van der Waals surface area contributed by atoms with Gasteiger partial charge in [-0.15, -0.1) is 0 Å². The van der Waals surface area contributed by atoms with Crippen molar-refractivity contribution in [3.05, 3.63) is 47.5 Å². The van der Waals surface area contributed by atoms with E-state index in [1.165, 1.54) is 16.7 Å². The van der Waals surface area contributed by atoms with Crippen LogP contribution in [0.5, 0.6) is 0 Å². The van der Waals surface area contributed by atoms with E-state index in [0.29, 0.717) is 0 Å². The normalized spacial score (nSPS) is 13.4. The average molecular weight is 318 g/mol. The summed E-state index contributed by atoms with van der Waals surface area (Å²) in [5.74, 6) is 0. The Hall–Kier alpha value is -0.529. The van der Waals surface area contributed by atoms with Crippen LogP contribution in [-0.2, 0) is 6.42 Å². The molecular formula is C19H26LiSi2. The maximum Gasteiger partial charge on any atom is 0.0778 e. The van der Waals surface area contributed by atoms with Crippen LogP contribution < -0.4 is 10.4 Å². The van der Waals surface area contributed by atoms with Crippen LogP contribution in [0.2, 0.25) is 39.3 Å². The first-order valence-corrected chi connectivity index (χ1v) is 14.9. The van der Waals surface area contributed by atoms with Gasteiger partial charge < -0.3 is 0 Å². The molecule has 0 spiro atoms. The summed E-state index contributed by atoms with van der Waals surface area (Å²) >= 11 is 0. The number of fused-ring (bicyclic) bond motifs is 3. The minimum atomic E-state index is -1.35. The topological polar surface area (TPSA) is 0 Å². The van der Waals surface area contributed by atoms with Crippen LogP contribution in [0.1, 0.15) is 11.1 Å². The molecule has 0 saturated heterocycles. The van der Waals surface area contributed by atoms with Crippen molar-refractivity contribution < 1.29 is 0 Å². The molecule has 3 heteroatoms. The summed E-state index contributed by atoms with van der Waals surface area (Å²) in [7, 11) is -2.65. The van der Waals surface area contributed by atoms with Crippen LogP contribution in [0, 0.1) is 0 Å². The predicted octanol–water partition coefficient (Wildman–Crippen LogP) is 3.97. The minimum absolute atomic E-state index is 0. The number of benzene rings is 2. The molecule has 2 aromatic carbocycles. The van der Waals surface area contributed by atoms with Crippen molar-refractivity contribution in [3.63, 3.8) is 0 Å². The fraction of sp³-hybridized carbons (Fsp3) is 0.368. The Morgan fingerprint density at radius 3 is 1.95 bits per heavy atom. The molecular weight excluding hydrogens is 291 g/mol. The molecule has 1 aliphatic rings. The van der Waals surface area contributed by atoms with E-state index in [4.69, 9.17) is 0 Å². The second-order valence-corrected chi connectivity index (χ2v) is 18.4. The van der Waals surface area contributed by atoms with Crippen molar-refractivity contribution in [2.75, 3.05) is 0 Å². The SMILES string of the molecule is C[Si](C)(C)c1ccc2c(c1[Si](C)(C)C)Cc1ccccc1-2.[Li]. The maximum atomic E-state index is 2.51. The first-order chi connectivity index (χ1) is 9.69. The zero-order valence-electron chi connectivity index (χ0n) is 15.2. The van der Waals surface area contributed by atoms with Crippen LogP contribution in [0.25, 0.3) is 11.1 Å². The first-order valence-electron chi connectivity index (χ1n) is 7.95. The standard InChI is InChI=1S/C19H26Si2.Li/c1-20(2,3)18-12-11-16-15-10-8-7-9-14(15)13-17(16)19(18)21(4,5)6;/h7-12H,13H2,1-6H3;. The van der Waals surface area contributed by atoms with Gasteiger partial charge in [-0.25, -0.2) is 0 Å². The molecule has 2 aromatic rings. The van der Waals surface area contributed by atoms with Crippen LogP contribution in [-0.4, -0.2) is 35.0 Å². The van der Waals surface area contributed by atoms with E-state index in [2.05, 4.69) is 75.7 Å². The number of rotatable bonds is 2. The molecule has 0 N–H and O–H groups in total. The van der Waals surface area contributed by atoms with Gasteiger partial charge >= 0.3 is 0 Å². The zero-order valence-corrected chi connectivity index (χ0v) is 17.2. The second kappa shape index (κ2) is 5.83. The Kier molecular flexibility index (Phi) is 4.73. The molecule has 0 amide bonds. The Balaban J connectivity index is 0.00000176. The van der Waals surface area contributed by atoms with Gasteiger partial charge in [0.25, 0.3) is 0 Å². The van der Waals surface area contributed by atoms with E-state index in [0.717, 1.165) is 6.42 Å². The average Bonchev–Trinajstić information content (AvgIpc) is 2.73. The van der Waals surface area contributed by atoms with E-state index in [1.54, 1.807) is 15.9 Å². The molecule has 0 saturated carbocycles. The molecule has 1 aliphatic carbocycles. The van der Waals surface area contributed by atoms with Gasteiger partial charge in [0.05, 0.1) is 16.1 Å². The van der Waals surface area contributed by atoms with Crippen molar-refractivity contribution in [2.45, 2.75) is 45.7 Å². The monoisotopic (exact) mass is 317 g/mol. The van der Waals surface area contributed by atoms with E-state index in [-0.39, 0.29) is 18.9 Å². The first kappa shape index (κ1) is 17.8. The third-order valence-corrected chi connectivity index (χ3v) is 8.90. The predicted molar refractivity (Wildman–Crippen MR) is 106 cm³/mol. The third kappa shape index (κ3) is 2.95. The van der Waals surface area contributed by atoms with E-state index in [1.807, 2.05) is 0 Å². The number of hydrogen-bond donors (Lipinski definition) is 0. The van der Waals surface area contributed by atoms with Gasteiger partial charge in [-0.1, -0.05) is 86.1 Å². The molecule has 0 fully saturated rings. The van der Waals surface area contributed by atoms with Gasteiger partial charge in [-0.2, -0.15) is 0 Å². The van der Waals surface area contributed by atoms with Gasteiger partial charge in [0.15, 0.2) is 0 Å². The molecule has 3 rings (SSSR count). The summed E-state index contributed by atoms with van der Waals surface area (Å²) in [4.78, 5) is 0. The van der Waals surface area contributed by atoms with Gasteiger partial charge in [0.1, 0.15) is 0 Å². The molecule has 0 atom stereocenters. The molecule has 0 heterocycles. The molecule has 111 valence electrons. The fourth-order valence-electron chi connectivity index (χ4n) is 3.69. The smallest absolute Gasteiger partial charge is 0.0656 e.